The Bertz CT molecular complexity index is 998. The average Bonchev–Trinajstić information content (AvgIpc) is 3.20. The lowest BCUT2D eigenvalue weighted by Crippen LogP contribution is -2.59. The monoisotopic (exact) mass is 556 g/mol. The Labute approximate surface area is 225 Å². The van der Waals surface area contributed by atoms with E-state index in [1.165, 1.54) is 24.3 Å². The number of hydrogen-bond acceptors (Lipinski definition) is 13. The number of carbonyl (C=O) groups excluding carboxylic acids is 1. The number of benzene rings is 1. The van der Waals surface area contributed by atoms with Crippen molar-refractivity contribution in [3.8, 4) is 11.5 Å². The van der Waals surface area contributed by atoms with E-state index in [4.69, 9.17) is 23.7 Å². The van der Waals surface area contributed by atoms with Gasteiger partial charge in [0.25, 0.3) is 0 Å². The minimum absolute atomic E-state index is 0.206. The third kappa shape index (κ3) is 8.20. The van der Waals surface area contributed by atoms with Crippen LogP contribution in [0.3, 0.4) is 0 Å². The van der Waals surface area contributed by atoms with E-state index in [0.29, 0.717) is 12.0 Å². The van der Waals surface area contributed by atoms with Gasteiger partial charge in [0.2, 0.25) is 0 Å². The van der Waals surface area contributed by atoms with Crippen LogP contribution in [0, 0.1) is 0 Å². The van der Waals surface area contributed by atoms with Gasteiger partial charge < -0.3 is 59.4 Å². The second-order valence-corrected chi connectivity index (χ2v) is 9.30. The van der Waals surface area contributed by atoms with E-state index in [2.05, 4.69) is 0 Å². The van der Waals surface area contributed by atoms with Crippen LogP contribution >= 0.6 is 0 Å². The first-order valence-electron chi connectivity index (χ1n) is 12.5. The molecular weight excluding hydrogens is 520 g/mol. The second kappa shape index (κ2) is 14.2. The summed E-state index contributed by atoms with van der Waals surface area (Å²) < 4.78 is 26.8. The molecule has 2 fully saturated rings. The van der Waals surface area contributed by atoms with Crippen LogP contribution in [0.1, 0.15) is 25.3 Å². The normalized spacial score (nSPS) is 33.2. The number of hydrogen-bond donors (Lipinski definition) is 7. The molecule has 1 aromatic rings. The molecule has 2 heterocycles. The van der Waals surface area contributed by atoms with Gasteiger partial charge in [-0.05, 0) is 36.6 Å². The molecule has 0 aliphatic carbocycles. The van der Waals surface area contributed by atoms with Crippen LogP contribution in [0.2, 0.25) is 0 Å². The maximum atomic E-state index is 12.0. The first-order chi connectivity index (χ1) is 18.6. The molecule has 13 nitrogen and oxygen atoms in total. The summed E-state index contributed by atoms with van der Waals surface area (Å²) in [5, 5.41) is 70.7. The molecule has 0 aromatic heterocycles. The van der Waals surface area contributed by atoms with Gasteiger partial charge in [0.1, 0.15) is 37.1 Å². The smallest absolute Gasteiger partial charge is 0.330 e. The van der Waals surface area contributed by atoms with Crippen molar-refractivity contribution in [3.63, 3.8) is 0 Å². The van der Waals surface area contributed by atoms with E-state index in [0.717, 1.165) is 12.5 Å². The van der Waals surface area contributed by atoms with Crippen LogP contribution in [0.15, 0.2) is 36.4 Å². The average molecular weight is 557 g/mol. The largest absolute Gasteiger partial charge is 0.504 e. The van der Waals surface area contributed by atoms with Gasteiger partial charge in [0, 0.05) is 6.08 Å². The third-order valence-electron chi connectivity index (χ3n) is 6.24. The molecule has 2 aliphatic rings. The number of carbonyl (C=O) groups is 1. The lowest BCUT2D eigenvalue weighted by atomic mass is 9.99. The molecule has 0 radical (unpaired) electrons. The zero-order valence-corrected chi connectivity index (χ0v) is 21.4. The van der Waals surface area contributed by atoms with Gasteiger partial charge in [0.05, 0.1) is 19.8 Å². The fourth-order valence-electron chi connectivity index (χ4n) is 3.89. The fourth-order valence-corrected chi connectivity index (χ4v) is 3.89. The first-order valence-corrected chi connectivity index (χ1v) is 12.5. The SMILES string of the molecule is CC/C=C\CCO[C@@H]1O[C@H](CO[C@@H]2OC[C@](O)(COC(=O)/C=C/c3ccc(O)c(O)c3)[C@H]2O)[C@@H](O)[C@H](O)[C@H]1O. The number of phenols is 2. The van der Waals surface area contributed by atoms with Crippen molar-refractivity contribution in [3.05, 3.63) is 42.0 Å². The van der Waals surface area contributed by atoms with Gasteiger partial charge in [-0.2, -0.15) is 0 Å². The summed E-state index contributed by atoms with van der Waals surface area (Å²) >= 11 is 0. The molecule has 0 unspecified atom stereocenters. The van der Waals surface area contributed by atoms with Gasteiger partial charge in [-0.3, -0.25) is 0 Å². The summed E-state index contributed by atoms with van der Waals surface area (Å²) in [6.45, 7) is 0.734. The van der Waals surface area contributed by atoms with Gasteiger partial charge >= 0.3 is 5.97 Å². The van der Waals surface area contributed by atoms with Gasteiger partial charge in [-0.1, -0.05) is 25.1 Å². The van der Waals surface area contributed by atoms with Crippen LogP contribution in [0.4, 0.5) is 0 Å². The topological polar surface area (TPSA) is 205 Å². The van der Waals surface area contributed by atoms with Crippen LogP contribution < -0.4 is 0 Å². The van der Waals surface area contributed by atoms with Crippen molar-refractivity contribution in [2.45, 2.75) is 68.5 Å². The van der Waals surface area contributed by atoms with Gasteiger partial charge in [-0.15, -0.1) is 0 Å². The zero-order valence-electron chi connectivity index (χ0n) is 21.4. The van der Waals surface area contributed by atoms with E-state index in [1.54, 1.807) is 0 Å². The Kier molecular flexibility index (Phi) is 11.2. The van der Waals surface area contributed by atoms with Crippen LogP contribution in [-0.2, 0) is 28.5 Å². The molecule has 7 N–H and O–H groups in total. The Balaban J connectivity index is 1.48. The summed E-state index contributed by atoms with van der Waals surface area (Å²) in [4.78, 5) is 12.0. The number of esters is 1. The third-order valence-corrected chi connectivity index (χ3v) is 6.24. The van der Waals surface area contributed by atoms with Crippen molar-refractivity contribution < 1.29 is 64.2 Å². The van der Waals surface area contributed by atoms with E-state index >= 15 is 0 Å². The highest BCUT2D eigenvalue weighted by atomic mass is 16.7. The summed E-state index contributed by atoms with van der Waals surface area (Å²) in [5.41, 5.74) is -1.59. The Morgan fingerprint density at radius 1 is 1.05 bits per heavy atom. The molecule has 1 aromatic carbocycles. The maximum Gasteiger partial charge on any atom is 0.330 e. The number of aliphatic hydroxyl groups excluding tert-OH is 4. The van der Waals surface area contributed by atoms with Crippen LogP contribution in [0.25, 0.3) is 6.08 Å². The predicted molar refractivity (Wildman–Crippen MR) is 133 cm³/mol. The molecule has 0 saturated carbocycles. The molecule has 2 aliphatic heterocycles. The molecular formula is C26H36O13. The molecule has 218 valence electrons. The highest BCUT2D eigenvalue weighted by Crippen LogP contribution is 2.29. The molecule has 0 amide bonds. The summed E-state index contributed by atoms with van der Waals surface area (Å²) in [5.74, 6) is -1.53. The van der Waals surface area contributed by atoms with E-state index < -0.39 is 67.9 Å². The maximum absolute atomic E-state index is 12.0. The fraction of sp³-hybridized carbons (Fsp3) is 0.577. The second-order valence-electron chi connectivity index (χ2n) is 9.30. The number of phenolic OH excluding ortho intramolecular Hbond substituents is 2. The zero-order chi connectivity index (χ0) is 28.6. The Morgan fingerprint density at radius 3 is 2.54 bits per heavy atom. The minimum atomic E-state index is -2.00. The lowest BCUT2D eigenvalue weighted by Gasteiger charge is -2.40. The Morgan fingerprint density at radius 2 is 1.82 bits per heavy atom. The van der Waals surface area contributed by atoms with Crippen LogP contribution in [-0.4, -0.2) is 117 Å². The highest BCUT2D eigenvalue weighted by molar-refractivity contribution is 5.87. The van der Waals surface area contributed by atoms with Crippen molar-refractivity contribution in [2.24, 2.45) is 0 Å². The summed E-state index contributed by atoms with van der Waals surface area (Å²) in [6, 6.07) is 3.93. The van der Waals surface area contributed by atoms with Crippen molar-refractivity contribution >= 4 is 12.0 Å². The van der Waals surface area contributed by atoms with Crippen molar-refractivity contribution in [2.75, 3.05) is 26.4 Å². The Hall–Kier alpha value is -2.59. The number of aliphatic hydroxyl groups is 5. The molecule has 3 rings (SSSR count). The number of aromatic hydroxyl groups is 2. The first kappa shape index (κ1) is 30.9. The number of allylic oxidation sites excluding steroid dienone is 1. The molecule has 39 heavy (non-hydrogen) atoms. The predicted octanol–water partition coefficient (Wildman–Crippen LogP) is -0.700. The van der Waals surface area contributed by atoms with Crippen LogP contribution in [0.5, 0.6) is 11.5 Å². The molecule has 0 spiro atoms. The summed E-state index contributed by atoms with van der Waals surface area (Å²) in [6.07, 6.45) is -2.36. The number of rotatable bonds is 12. The van der Waals surface area contributed by atoms with Crippen molar-refractivity contribution in [1.29, 1.82) is 0 Å². The molecule has 8 atom stereocenters. The highest BCUT2D eigenvalue weighted by Gasteiger charge is 2.51. The van der Waals surface area contributed by atoms with Gasteiger partial charge in [-0.25, -0.2) is 4.79 Å². The van der Waals surface area contributed by atoms with E-state index in [9.17, 15) is 40.5 Å². The molecule has 13 heteroatoms. The quantitative estimate of drug-likeness (QED) is 0.0560. The van der Waals surface area contributed by atoms with Crippen molar-refractivity contribution in [1.82, 2.24) is 0 Å². The summed E-state index contributed by atoms with van der Waals surface area (Å²) in [7, 11) is 0. The number of ether oxygens (including phenoxy) is 5. The minimum Gasteiger partial charge on any atom is -0.504 e. The lowest BCUT2D eigenvalue weighted by molar-refractivity contribution is -0.309. The molecule has 0 bridgehead atoms. The van der Waals surface area contributed by atoms with E-state index in [1.807, 2.05) is 19.1 Å². The van der Waals surface area contributed by atoms with E-state index in [-0.39, 0.29) is 24.7 Å². The standard InChI is InChI=1S/C26H36O13/c1-2-3-4-5-10-35-24-22(32)21(31)20(30)18(39-24)12-36-25-23(33)26(34,14-38-25)13-37-19(29)9-7-15-6-8-16(27)17(28)11-15/h3-4,6-9,11,18,20-25,27-28,30-34H,2,5,10,12-14H2,1H3/b4-3-,9-7+/t18-,20-,21+,22-,23+,24-,25-,26-/m1/s1. The van der Waals surface area contributed by atoms with Gasteiger partial charge in [0.15, 0.2) is 29.7 Å². The molecule has 2 saturated heterocycles.